The van der Waals surface area contributed by atoms with Crippen LogP contribution >= 0.6 is 24.0 Å². The zero-order valence-corrected chi connectivity index (χ0v) is 14.7. The SMILES string of the molecule is C=CCNC(N)=NCc1ccc(Oc2cccc(F)c2)nc1.I. The van der Waals surface area contributed by atoms with Gasteiger partial charge in [0.2, 0.25) is 5.88 Å². The standard InChI is InChI=1S/C16H17FN4O.HI/c1-2-8-19-16(18)21-11-12-6-7-15(20-10-12)22-14-5-3-4-13(17)9-14;/h2-7,9-10H,1,8,11H2,(H3,18,19,21);1H. The van der Waals surface area contributed by atoms with Crippen LogP contribution in [-0.2, 0) is 6.54 Å². The zero-order valence-electron chi connectivity index (χ0n) is 12.4. The lowest BCUT2D eigenvalue weighted by Crippen LogP contribution is -2.31. The van der Waals surface area contributed by atoms with Crippen molar-refractivity contribution in [1.82, 2.24) is 10.3 Å². The van der Waals surface area contributed by atoms with Gasteiger partial charge in [0, 0.05) is 24.9 Å². The molecule has 0 bridgehead atoms. The molecular weight excluding hydrogens is 410 g/mol. The van der Waals surface area contributed by atoms with E-state index in [4.69, 9.17) is 10.5 Å². The summed E-state index contributed by atoms with van der Waals surface area (Å²) in [5.41, 5.74) is 6.55. The summed E-state index contributed by atoms with van der Waals surface area (Å²) in [6.45, 7) is 4.55. The smallest absolute Gasteiger partial charge is 0.219 e. The fraction of sp³-hybridized carbons (Fsp3) is 0.125. The number of hydrogen-bond acceptors (Lipinski definition) is 3. The summed E-state index contributed by atoms with van der Waals surface area (Å²) in [5, 5.41) is 2.88. The highest BCUT2D eigenvalue weighted by molar-refractivity contribution is 14.0. The van der Waals surface area contributed by atoms with Crippen LogP contribution in [0.3, 0.4) is 0 Å². The van der Waals surface area contributed by atoms with E-state index < -0.39 is 0 Å². The van der Waals surface area contributed by atoms with E-state index in [-0.39, 0.29) is 29.8 Å². The third-order valence-corrected chi connectivity index (χ3v) is 2.68. The number of rotatable bonds is 6. The highest BCUT2D eigenvalue weighted by Crippen LogP contribution is 2.20. The maximum Gasteiger partial charge on any atom is 0.219 e. The molecule has 7 heteroatoms. The van der Waals surface area contributed by atoms with Crippen LogP contribution in [0.1, 0.15) is 5.56 Å². The van der Waals surface area contributed by atoms with Gasteiger partial charge in [-0.3, -0.25) is 0 Å². The summed E-state index contributed by atoms with van der Waals surface area (Å²) in [4.78, 5) is 8.31. The summed E-state index contributed by atoms with van der Waals surface area (Å²) in [5.74, 6) is 0.776. The summed E-state index contributed by atoms with van der Waals surface area (Å²) in [7, 11) is 0. The highest BCUT2D eigenvalue weighted by Gasteiger charge is 2.01. The van der Waals surface area contributed by atoms with Crippen molar-refractivity contribution >= 4 is 29.9 Å². The van der Waals surface area contributed by atoms with E-state index in [1.165, 1.54) is 12.1 Å². The average molecular weight is 428 g/mol. The van der Waals surface area contributed by atoms with Crippen molar-refractivity contribution < 1.29 is 9.13 Å². The van der Waals surface area contributed by atoms with Crippen LogP contribution in [-0.4, -0.2) is 17.5 Å². The molecule has 0 aliphatic rings. The van der Waals surface area contributed by atoms with Gasteiger partial charge in [0.05, 0.1) is 6.54 Å². The van der Waals surface area contributed by atoms with Gasteiger partial charge in [-0.05, 0) is 17.7 Å². The van der Waals surface area contributed by atoms with E-state index in [0.717, 1.165) is 5.56 Å². The maximum atomic E-state index is 13.1. The number of guanidine groups is 1. The van der Waals surface area contributed by atoms with Crippen molar-refractivity contribution in [1.29, 1.82) is 0 Å². The predicted octanol–water partition coefficient (Wildman–Crippen LogP) is 3.22. The topological polar surface area (TPSA) is 72.5 Å². The zero-order chi connectivity index (χ0) is 15.8. The molecule has 0 aliphatic heterocycles. The molecule has 1 heterocycles. The highest BCUT2D eigenvalue weighted by atomic mass is 127. The largest absolute Gasteiger partial charge is 0.439 e. The lowest BCUT2D eigenvalue weighted by molar-refractivity contribution is 0.457. The minimum Gasteiger partial charge on any atom is -0.439 e. The van der Waals surface area contributed by atoms with Crippen molar-refractivity contribution in [3.63, 3.8) is 0 Å². The van der Waals surface area contributed by atoms with Crippen LogP contribution in [0.25, 0.3) is 0 Å². The summed E-state index contributed by atoms with van der Waals surface area (Å²) >= 11 is 0. The van der Waals surface area contributed by atoms with Gasteiger partial charge in [-0.2, -0.15) is 0 Å². The Kier molecular flexibility index (Phi) is 8.03. The first-order valence-electron chi connectivity index (χ1n) is 6.70. The molecule has 1 aromatic heterocycles. The quantitative estimate of drug-likeness (QED) is 0.321. The Morgan fingerprint density at radius 3 is 2.87 bits per heavy atom. The fourth-order valence-electron chi connectivity index (χ4n) is 1.63. The molecule has 0 atom stereocenters. The Bertz CT molecular complexity index is 661. The molecule has 0 unspecified atom stereocenters. The van der Waals surface area contributed by atoms with E-state index in [1.54, 1.807) is 30.5 Å². The molecule has 0 aliphatic carbocycles. The number of benzene rings is 1. The van der Waals surface area contributed by atoms with Gasteiger partial charge in [-0.1, -0.05) is 18.2 Å². The monoisotopic (exact) mass is 428 g/mol. The Morgan fingerprint density at radius 2 is 2.22 bits per heavy atom. The summed E-state index contributed by atoms with van der Waals surface area (Å²) in [6.07, 6.45) is 3.33. The number of nitrogens with one attached hydrogen (secondary N) is 1. The number of pyridine rings is 1. The van der Waals surface area contributed by atoms with Gasteiger partial charge in [-0.15, -0.1) is 30.6 Å². The minimum absolute atomic E-state index is 0. The molecule has 3 N–H and O–H groups in total. The van der Waals surface area contributed by atoms with Gasteiger partial charge in [0.1, 0.15) is 11.6 Å². The molecule has 0 saturated heterocycles. The van der Waals surface area contributed by atoms with Gasteiger partial charge >= 0.3 is 0 Å². The Labute approximate surface area is 151 Å². The van der Waals surface area contributed by atoms with Crippen LogP contribution in [0, 0.1) is 5.82 Å². The van der Waals surface area contributed by atoms with Gasteiger partial charge < -0.3 is 15.8 Å². The first-order chi connectivity index (χ1) is 10.7. The second-order valence-electron chi connectivity index (χ2n) is 4.44. The third-order valence-electron chi connectivity index (χ3n) is 2.68. The number of hydrogen-bond donors (Lipinski definition) is 2. The number of aromatic nitrogens is 1. The van der Waals surface area contributed by atoms with E-state index in [0.29, 0.717) is 30.7 Å². The van der Waals surface area contributed by atoms with Crippen LogP contribution in [0.4, 0.5) is 4.39 Å². The molecule has 0 amide bonds. The van der Waals surface area contributed by atoms with Crippen LogP contribution in [0.15, 0.2) is 60.2 Å². The molecule has 5 nitrogen and oxygen atoms in total. The predicted molar refractivity (Wildman–Crippen MR) is 99.7 cm³/mol. The van der Waals surface area contributed by atoms with Crippen LogP contribution in [0.5, 0.6) is 11.6 Å². The molecule has 2 aromatic rings. The third kappa shape index (κ3) is 6.64. The van der Waals surface area contributed by atoms with Gasteiger partial charge in [0.15, 0.2) is 5.96 Å². The Morgan fingerprint density at radius 1 is 1.39 bits per heavy atom. The van der Waals surface area contributed by atoms with Crippen molar-refractivity contribution in [2.45, 2.75) is 6.54 Å². The van der Waals surface area contributed by atoms with E-state index in [1.807, 2.05) is 6.07 Å². The van der Waals surface area contributed by atoms with Crippen LogP contribution < -0.4 is 15.8 Å². The van der Waals surface area contributed by atoms with Crippen molar-refractivity contribution in [2.75, 3.05) is 6.54 Å². The van der Waals surface area contributed by atoms with E-state index >= 15 is 0 Å². The normalized spacial score (nSPS) is 10.6. The summed E-state index contributed by atoms with van der Waals surface area (Å²) in [6, 6.07) is 9.41. The summed E-state index contributed by atoms with van der Waals surface area (Å²) < 4.78 is 18.5. The minimum atomic E-state index is -0.356. The van der Waals surface area contributed by atoms with Gasteiger partial charge in [0.25, 0.3) is 0 Å². The number of halogens is 2. The maximum absolute atomic E-state index is 13.1. The number of aliphatic imine (C=N–C) groups is 1. The van der Waals surface area contributed by atoms with Crippen molar-refractivity contribution in [3.05, 3.63) is 66.6 Å². The second kappa shape index (κ2) is 9.78. The molecule has 2 rings (SSSR count). The molecule has 0 fully saturated rings. The average Bonchev–Trinajstić information content (AvgIpc) is 2.52. The lowest BCUT2D eigenvalue weighted by Gasteiger charge is -2.05. The molecule has 0 radical (unpaired) electrons. The Balaban J connectivity index is 0.00000264. The molecular formula is C16H18FIN4O. The van der Waals surface area contributed by atoms with Crippen molar-refractivity contribution in [3.8, 4) is 11.6 Å². The number of nitrogens with two attached hydrogens (primary N) is 1. The Hall–Kier alpha value is -2.16. The van der Waals surface area contributed by atoms with Crippen LogP contribution in [0.2, 0.25) is 0 Å². The lowest BCUT2D eigenvalue weighted by atomic mass is 10.3. The first kappa shape index (κ1) is 18.9. The molecule has 23 heavy (non-hydrogen) atoms. The number of ether oxygens (including phenoxy) is 1. The number of nitrogens with zero attached hydrogens (tertiary/aromatic N) is 2. The second-order valence-corrected chi connectivity index (χ2v) is 4.44. The van der Waals surface area contributed by atoms with E-state index in [9.17, 15) is 4.39 Å². The van der Waals surface area contributed by atoms with E-state index in [2.05, 4.69) is 21.9 Å². The van der Waals surface area contributed by atoms with Crippen molar-refractivity contribution in [2.24, 2.45) is 10.7 Å². The molecule has 122 valence electrons. The molecule has 0 spiro atoms. The molecule has 1 aromatic carbocycles. The fourth-order valence-corrected chi connectivity index (χ4v) is 1.63. The first-order valence-corrected chi connectivity index (χ1v) is 6.70. The molecule has 0 saturated carbocycles. The van der Waals surface area contributed by atoms with Gasteiger partial charge in [-0.25, -0.2) is 14.4 Å².